The number of para-hydroxylation sites is 2. The van der Waals surface area contributed by atoms with Gasteiger partial charge < -0.3 is 10.1 Å². The minimum absolute atomic E-state index is 0.0740. The molecule has 2 aromatic heterocycles. The topological polar surface area (TPSA) is 72.7 Å². The van der Waals surface area contributed by atoms with Crippen molar-refractivity contribution >= 4 is 39.5 Å². The van der Waals surface area contributed by atoms with Crippen molar-refractivity contribution in [2.24, 2.45) is 0 Å². The maximum Gasteiger partial charge on any atom is 0.271 e. The molecule has 1 amide bonds. The number of aromatic nitrogens is 2. The van der Waals surface area contributed by atoms with E-state index in [-0.39, 0.29) is 5.56 Å². The van der Waals surface area contributed by atoms with Crippen molar-refractivity contribution in [2.45, 2.75) is 0 Å². The van der Waals surface area contributed by atoms with Gasteiger partial charge in [-0.2, -0.15) is 0 Å². The number of carbonyl (C=O) groups excluding carboxylic acids is 1. The Labute approximate surface area is 169 Å². The molecule has 0 bridgehead atoms. The van der Waals surface area contributed by atoms with Gasteiger partial charge in [-0.25, -0.2) is 4.98 Å². The normalized spacial score (nSPS) is 10.8. The van der Waals surface area contributed by atoms with Crippen LogP contribution in [0.15, 0.2) is 64.9 Å². The molecule has 0 saturated heterocycles. The second-order valence-electron chi connectivity index (χ2n) is 5.85. The second kappa shape index (κ2) is 7.46. The molecule has 0 aliphatic rings. The van der Waals surface area contributed by atoms with Crippen LogP contribution in [0.1, 0.15) is 10.4 Å². The zero-order valence-electron chi connectivity index (χ0n) is 14.7. The highest BCUT2D eigenvalue weighted by Crippen LogP contribution is 2.30. The highest BCUT2D eigenvalue weighted by Gasteiger charge is 2.19. The molecule has 0 unspecified atom stereocenters. The maximum absolute atomic E-state index is 13.1. The number of ether oxygens (including phenoxy) is 1. The third-order valence-electron chi connectivity index (χ3n) is 4.20. The molecule has 2 aromatic carbocycles. The van der Waals surface area contributed by atoms with E-state index in [4.69, 9.17) is 16.3 Å². The molecule has 6 nitrogen and oxygen atoms in total. The highest BCUT2D eigenvalue weighted by atomic mass is 35.5. The fourth-order valence-electron chi connectivity index (χ4n) is 2.84. The number of hydrogen-bond acceptors (Lipinski definition) is 5. The molecule has 2 heterocycles. The number of amides is 1. The summed E-state index contributed by atoms with van der Waals surface area (Å²) < 4.78 is 6.64. The molecule has 0 aliphatic carbocycles. The smallest absolute Gasteiger partial charge is 0.271 e. The Hall–Kier alpha value is -3.16. The SMILES string of the molecule is COc1ccccc1NC(=O)c1cnc2scc(-c3ccccc3Cl)n2c1=O. The monoisotopic (exact) mass is 411 g/mol. The Morgan fingerprint density at radius 1 is 1.18 bits per heavy atom. The van der Waals surface area contributed by atoms with E-state index in [1.165, 1.54) is 29.0 Å². The zero-order valence-corrected chi connectivity index (χ0v) is 16.3. The Balaban J connectivity index is 1.80. The van der Waals surface area contributed by atoms with Gasteiger partial charge >= 0.3 is 0 Å². The van der Waals surface area contributed by atoms with Gasteiger partial charge in [0.05, 0.1) is 18.5 Å². The number of nitrogens with one attached hydrogen (secondary N) is 1. The fourth-order valence-corrected chi connectivity index (χ4v) is 3.93. The lowest BCUT2D eigenvalue weighted by atomic mass is 10.2. The summed E-state index contributed by atoms with van der Waals surface area (Å²) in [4.78, 5) is 30.6. The van der Waals surface area contributed by atoms with Gasteiger partial charge in [0, 0.05) is 22.2 Å². The second-order valence-corrected chi connectivity index (χ2v) is 7.09. The number of carbonyl (C=O) groups is 1. The molecule has 4 rings (SSSR count). The van der Waals surface area contributed by atoms with E-state index >= 15 is 0 Å². The van der Waals surface area contributed by atoms with Gasteiger partial charge in [0.25, 0.3) is 11.5 Å². The van der Waals surface area contributed by atoms with Gasteiger partial charge in [0.2, 0.25) is 0 Å². The van der Waals surface area contributed by atoms with E-state index in [2.05, 4.69) is 10.3 Å². The molecular weight excluding hydrogens is 398 g/mol. The van der Waals surface area contributed by atoms with Crippen LogP contribution in [0.5, 0.6) is 5.75 Å². The van der Waals surface area contributed by atoms with Crippen LogP contribution in [-0.4, -0.2) is 22.4 Å². The number of anilines is 1. The minimum atomic E-state index is -0.562. The number of thiazole rings is 1. The molecule has 140 valence electrons. The van der Waals surface area contributed by atoms with Crippen LogP contribution >= 0.6 is 22.9 Å². The highest BCUT2D eigenvalue weighted by molar-refractivity contribution is 7.15. The maximum atomic E-state index is 13.1. The van der Waals surface area contributed by atoms with E-state index in [1.807, 2.05) is 18.2 Å². The molecule has 28 heavy (non-hydrogen) atoms. The molecule has 0 aliphatic heterocycles. The molecule has 0 spiro atoms. The lowest BCUT2D eigenvalue weighted by molar-refractivity contribution is 0.102. The van der Waals surface area contributed by atoms with E-state index in [9.17, 15) is 9.59 Å². The van der Waals surface area contributed by atoms with Crippen LogP contribution in [0.3, 0.4) is 0 Å². The molecule has 0 atom stereocenters. The quantitative estimate of drug-likeness (QED) is 0.542. The average molecular weight is 412 g/mol. The lowest BCUT2D eigenvalue weighted by Gasteiger charge is -2.10. The number of methoxy groups -OCH3 is 1. The average Bonchev–Trinajstić information content (AvgIpc) is 3.14. The first-order valence-electron chi connectivity index (χ1n) is 8.28. The first kappa shape index (κ1) is 18.2. The summed E-state index contributed by atoms with van der Waals surface area (Å²) >= 11 is 7.59. The minimum Gasteiger partial charge on any atom is -0.495 e. The van der Waals surface area contributed by atoms with Gasteiger partial charge in [-0.3, -0.25) is 14.0 Å². The van der Waals surface area contributed by atoms with Gasteiger partial charge in [-0.15, -0.1) is 11.3 Å². The van der Waals surface area contributed by atoms with Gasteiger partial charge in [0.1, 0.15) is 11.3 Å². The summed E-state index contributed by atoms with van der Waals surface area (Å²) in [7, 11) is 1.51. The summed E-state index contributed by atoms with van der Waals surface area (Å²) in [6, 6.07) is 14.2. The van der Waals surface area contributed by atoms with Gasteiger partial charge in [-0.05, 0) is 18.2 Å². The van der Waals surface area contributed by atoms with Crippen molar-refractivity contribution in [3.63, 3.8) is 0 Å². The van der Waals surface area contributed by atoms with E-state index < -0.39 is 11.5 Å². The first-order chi connectivity index (χ1) is 13.6. The standard InChI is InChI=1S/C20H14ClN3O3S/c1-27-17-9-5-4-8-15(17)23-18(25)13-10-22-20-24(19(13)26)16(11-28-20)12-6-2-3-7-14(12)21/h2-11H,1H3,(H,23,25). The number of fused-ring (bicyclic) bond motifs is 1. The number of halogens is 1. The summed E-state index contributed by atoms with van der Waals surface area (Å²) in [6.07, 6.45) is 1.29. The third kappa shape index (κ3) is 3.15. The van der Waals surface area contributed by atoms with Crippen molar-refractivity contribution in [2.75, 3.05) is 12.4 Å². The van der Waals surface area contributed by atoms with Crippen LogP contribution < -0.4 is 15.6 Å². The summed E-state index contributed by atoms with van der Waals surface area (Å²) in [6.45, 7) is 0. The summed E-state index contributed by atoms with van der Waals surface area (Å²) in [5, 5.41) is 5.02. The predicted molar refractivity (Wildman–Crippen MR) is 111 cm³/mol. The molecule has 1 N–H and O–H groups in total. The largest absolute Gasteiger partial charge is 0.495 e. The number of hydrogen-bond donors (Lipinski definition) is 1. The van der Waals surface area contributed by atoms with Crippen LogP contribution in [0.4, 0.5) is 5.69 Å². The summed E-state index contributed by atoms with van der Waals surface area (Å²) in [5.74, 6) is -0.0648. The number of nitrogens with zero attached hydrogens (tertiary/aromatic N) is 2. The van der Waals surface area contributed by atoms with Crippen molar-refractivity contribution < 1.29 is 9.53 Å². The zero-order chi connectivity index (χ0) is 19.7. The molecule has 0 fully saturated rings. The number of benzene rings is 2. The van der Waals surface area contributed by atoms with E-state index in [1.54, 1.807) is 35.7 Å². The lowest BCUT2D eigenvalue weighted by Crippen LogP contribution is -2.26. The van der Waals surface area contributed by atoms with Gasteiger partial charge in [0.15, 0.2) is 4.96 Å². The van der Waals surface area contributed by atoms with Gasteiger partial charge in [-0.1, -0.05) is 41.9 Å². The van der Waals surface area contributed by atoms with E-state index in [0.29, 0.717) is 32.7 Å². The molecule has 4 aromatic rings. The Morgan fingerprint density at radius 3 is 2.71 bits per heavy atom. The first-order valence-corrected chi connectivity index (χ1v) is 9.54. The Bertz CT molecular complexity index is 1250. The number of rotatable bonds is 4. The van der Waals surface area contributed by atoms with Crippen molar-refractivity contribution in [1.82, 2.24) is 9.38 Å². The Morgan fingerprint density at radius 2 is 1.93 bits per heavy atom. The van der Waals surface area contributed by atoms with Crippen molar-refractivity contribution in [1.29, 1.82) is 0 Å². The van der Waals surface area contributed by atoms with Crippen LogP contribution in [0.2, 0.25) is 5.02 Å². The van der Waals surface area contributed by atoms with E-state index in [0.717, 1.165) is 0 Å². The third-order valence-corrected chi connectivity index (χ3v) is 5.36. The van der Waals surface area contributed by atoms with Crippen LogP contribution in [0.25, 0.3) is 16.2 Å². The molecule has 0 radical (unpaired) electrons. The summed E-state index contributed by atoms with van der Waals surface area (Å²) in [5.41, 5.74) is 1.22. The van der Waals surface area contributed by atoms with Crippen molar-refractivity contribution in [3.05, 3.63) is 81.0 Å². The van der Waals surface area contributed by atoms with Crippen molar-refractivity contribution in [3.8, 4) is 17.0 Å². The fraction of sp³-hybridized carbons (Fsp3) is 0.0500. The Kier molecular flexibility index (Phi) is 4.85. The molecular formula is C20H14ClN3O3S. The van der Waals surface area contributed by atoms with Crippen LogP contribution in [0, 0.1) is 0 Å². The molecule has 0 saturated carbocycles. The molecule has 8 heteroatoms. The van der Waals surface area contributed by atoms with Crippen LogP contribution in [-0.2, 0) is 0 Å². The predicted octanol–water partition coefficient (Wildman–Crippen LogP) is 4.34.